The zero-order chi connectivity index (χ0) is 21.3. The van der Waals surface area contributed by atoms with Crippen LogP contribution in [0.1, 0.15) is 19.4 Å². The van der Waals surface area contributed by atoms with Crippen molar-refractivity contribution in [1.82, 2.24) is 20.5 Å². The molecule has 1 atom stereocenters. The van der Waals surface area contributed by atoms with Gasteiger partial charge in [0.25, 0.3) is 0 Å². The number of morpholine rings is 1. The SMILES string of the molecule is CCNC(=NCC(C)N1CCOCC1)NCCOc1ncc(C(F)(F)F)cc1Cl. The van der Waals surface area contributed by atoms with Gasteiger partial charge in [-0.3, -0.25) is 9.89 Å². The number of ether oxygens (including phenoxy) is 2. The fraction of sp³-hybridized carbons (Fsp3) is 0.667. The summed E-state index contributed by atoms with van der Waals surface area (Å²) in [6.45, 7) is 9.25. The number of alkyl halides is 3. The predicted octanol–water partition coefficient (Wildman–Crippen LogP) is 2.41. The summed E-state index contributed by atoms with van der Waals surface area (Å²) in [6, 6.07) is 1.09. The molecule has 7 nitrogen and oxygen atoms in total. The van der Waals surface area contributed by atoms with Crippen molar-refractivity contribution in [3.63, 3.8) is 0 Å². The number of halogens is 4. The van der Waals surface area contributed by atoms with Crippen LogP contribution in [-0.2, 0) is 10.9 Å². The van der Waals surface area contributed by atoms with E-state index in [1.54, 1.807) is 0 Å². The van der Waals surface area contributed by atoms with Crippen molar-refractivity contribution in [2.75, 3.05) is 52.5 Å². The van der Waals surface area contributed by atoms with Gasteiger partial charge in [-0.1, -0.05) is 11.6 Å². The highest BCUT2D eigenvalue weighted by Gasteiger charge is 2.31. The van der Waals surface area contributed by atoms with E-state index in [9.17, 15) is 13.2 Å². The molecule has 164 valence electrons. The maximum atomic E-state index is 12.6. The third kappa shape index (κ3) is 7.87. The highest BCUT2D eigenvalue weighted by Crippen LogP contribution is 2.32. The third-order valence-electron chi connectivity index (χ3n) is 4.29. The van der Waals surface area contributed by atoms with E-state index in [1.165, 1.54) is 0 Å². The molecule has 2 N–H and O–H groups in total. The Morgan fingerprint density at radius 3 is 2.72 bits per heavy atom. The molecule has 0 amide bonds. The molecule has 0 aliphatic carbocycles. The summed E-state index contributed by atoms with van der Waals surface area (Å²) in [7, 11) is 0. The summed E-state index contributed by atoms with van der Waals surface area (Å²) in [4.78, 5) is 10.6. The summed E-state index contributed by atoms with van der Waals surface area (Å²) in [5.41, 5.74) is -0.913. The molecule has 0 bridgehead atoms. The number of hydrogen-bond acceptors (Lipinski definition) is 5. The Kier molecular flexibility index (Phi) is 9.25. The topological polar surface area (TPSA) is 71.0 Å². The molecule has 1 aliphatic rings. The zero-order valence-electron chi connectivity index (χ0n) is 16.6. The first-order valence-electron chi connectivity index (χ1n) is 9.50. The van der Waals surface area contributed by atoms with Crippen molar-refractivity contribution in [2.24, 2.45) is 4.99 Å². The Balaban J connectivity index is 1.80. The molecule has 11 heteroatoms. The number of guanidine groups is 1. The van der Waals surface area contributed by atoms with Gasteiger partial charge in [-0.25, -0.2) is 4.98 Å². The van der Waals surface area contributed by atoms with Crippen molar-refractivity contribution in [3.05, 3.63) is 22.8 Å². The Morgan fingerprint density at radius 2 is 2.10 bits per heavy atom. The van der Waals surface area contributed by atoms with Gasteiger partial charge in [0.05, 0.1) is 31.9 Å². The van der Waals surface area contributed by atoms with Gasteiger partial charge in [-0.05, 0) is 19.9 Å². The smallest absolute Gasteiger partial charge is 0.417 e. The molecular weight excluding hydrogens is 411 g/mol. The molecule has 29 heavy (non-hydrogen) atoms. The van der Waals surface area contributed by atoms with Gasteiger partial charge in [-0.2, -0.15) is 13.2 Å². The monoisotopic (exact) mass is 437 g/mol. The van der Waals surface area contributed by atoms with Crippen LogP contribution in [0.25, 0.3) is 0 Å². The minimum absolute atomic E-state index is 0.0376. The predicted molar refractivity (Wildman–Crippen MR) is 106 cm³/mol. The van der Waals surface area contributed by atoms with Crippen molar-refractivity contribution in [1.29, 1.82) is 0 Å². The van der Waals surface area contributed by atoms with E-state index in [4.69, 9.17) is 21.1 Å². The maximum absolute atomic E-state index is 12.6. The van der Waals surface area contributed by atoms with Crippen LogP contribution in [0.15, 0.2) is 17.3 Å². The molecule has 2 rings (SSSR count). The Labute approximate surface area is 173 Å². The van der Waals surface area contributed by atoms with E-state index in [-0.39, 0.29) is 17.5 Å². The third-order valence-corrected chi connectivity index (χ3v) is 4.57. The largest absolute Gasteiger partial charge is 0.475 e. The lowest BCUT2D eigenvalue weighted by Crippen LogP contribution is -2.45. The molecule has 1 aromatic rings. The van der Waals surface area contributed by atoms with Crippen LogP contribution >= 0.6 is 11.6 Å². The van der Waals surface area contributed by atoms with Crippen LogP contribution in [0, 0.1) is 0 Å². The van der Waals surface area contributed by atoms with Crippen LogP contribution in [0.5, 0.6) is 5.88 Å². The van der Waals surface area contributed by atoms with E-state index >= 15 is 0 Å². The van der Waals surface area contributed by atoms with Gasteiger partial charge in [0.15, 0.2) is 5.96 Å². The molecule has 1 fully saturated rings. The van der Waals surface area contributed by atoms with Gasteiger partial charge in [-0.15, -0.1) is 0 Å². The van der Waals surface area contributed by atoms with Crippen LogP contribution in [0.3, 0.4) is 0 Å². The van der Waals surface area contributed by atoms with Crippen LogP contribution < -0.4 is 15.4 Å². The standard InChI is InChI=1S/C18H27ClF3N5O2/c1-3-23-17(26-11-13(2)27-5-8-28-9-6-27)24-4-7-29-16-15(19)10-14(12-25-16)18(20,21)22/h10,12-13H,3-9,11H2,1-2H3,(H2,23,24,26). The number of pyridine rings is 1. The molecule has 0 radical (unpaired) electrons. The summed E-state index contributed by atoms with van der Waals surface area (Å²) in [5, 5.41) is 6.09. The molecule has 1 aromatic heterocycles. The lowest BCUT2D eigenvalue weighted by atomic mass is 10.2. The normalized spacial score (nSPS) is 17.1. The average molecular weight is 438 g/mol. The lowest BCUT2D eigenvalue weighted by Gasteiger charge is -2.31. The molecule has 0 spiro atoms. The minimum Gasteiger partial charge on any atom is -0.475 e. The quantitative estimate of drug-likeness (QED) is 0.370. The first-order chi connectivity index (χ1) is 13.8. The van der Waals surface area contributed by atoms with Gasteiger partial charge < -0.3 is 20.1 Å². The van der Waals surface area contributed by atoms with Crippen molar-refractivity contribution in [2.45, 2.75) is 26.1 Å². The van der Waals surface area contributed by atoms with E-state index in [2.05, 4.69) is 32.4 Å². The summed E-state index contributed by atoms with van der Waals surface area (Å²) >= 11 is 5.83. The number of nitrogens with one attached hydrogen (secondary N) is 2. The minimum atomic E-state index is -4.49. The Morgan fingerprint density at radius 1 is 1.38 bits per heavy atom. The Hall–Kier alpha value is -1.78. The van der Waals surface area contributed by atoms with Gasteiger partial charge in [0, 0.05) is 31.9 Å². The van der Waals surface area contributed by atoms with Gasteiger partial charge in [0.1, 0.15) is 11.6 Å². The number of nitrogens with zero attached hydrogens (tertiary/aromatic N) is 3. The summed E-state index contributed by atoms with van der Waals surface area (Å²) in [6.07, 6.45) is -3.79. The molecule has 0 aromatic carbocycles. The molecule has 1 aliphatic heterocycles. The zero-order valence-corrected chi connectivity index (χ0v) is 17.3. The second-order valence-electron chi connectivity index (χ2n) is 6.50. The molecular formula is C18H27ClF3N5O2. The average Bonchev–Trinajstić information content (AvgIpc) is 2.69. The van der Waals surface area contributed by atoms with Crippen molar-refractivity contribution >= 4 is 17.6 Å². The van der Waals surface area contributed by atoms with E-state index in [1.807, 2.05) is 6.92 Å². The van der Waals surface area contributed by atoms with Gasteiger partial charge in [0.2, 0.25) is 5.88 Å². The van der Waals surface area contributed by atoms with E-state index in [0.717, 1.165) is 32.4 Å². The van der Waals surface area contributed by atoms with E-state index < -0.39 is 11.7 Å². The molecule has 2 heterocycles. The molecule has 1 saturated heterocycles. The lowest BCUT2D eigenvalue weighted by molar-refractivity contribution is -0.137. The maximum Gasteiger partial charge on any atom is 0.417 e. The highest BCUT2D eigenvalue weighted by molar-refractivity contribution is 6.31. The van der Waals surface area contributed by atoms with Crippen LogP contribution in [0.4, 0.5) is 13.2 Å². The first-order valence-corrected chi connectivity index (χ1v) is 9.88. The van der Waals surface area contributed by atoms with Crippen LogP contribution in [0.2, 0.25) is 5.02 Å². The molecule has 0 saturated carbocycles. The molecule has 1 unspecified atom stereocenters. The second-order valence-corrected chi connectivity index (χ2v) is 6.91. The number of aliphatic imine (C=N–C) groups is 1. The highest BCUT2D eigenvalue weighted by atomic mass is 35.5. The van der Waals surface area contributed by atoms with Crippen LogP contribution in [-0.4, -0.2) is 74.4 Å². The fourth-order valence-corrected chi connectivity index (χ4v) is 2.92. The number of aromatic nitrogens is 1. The second kappa shape index (κ2) is 11.4. The first kappa shape index (κ1) is 23.5. The number of hydrogen-bond donors (Lipinski definition) is 2. The Bertz CT molecular complexity index is 669. The van der Waals surface area contributed by atoms with Crippen molar-refractivity contribution in [3.8, 4) is 5.88 Å². The fourth-order valence-electron chi connectivity index (χ4n) is 2.70. The summed E-state index contributed by atoms with van der Waals surface area (Å²) in [5.74, 6) is 0.604. The van der Waals surface area contributed by atoms with Gasteiger partial charge >= 0.3 is 6.18 Å². The number of rotatable bonds is 8. The van der Waals surface area contributed by atoms with Crippen molar-refractivity contribution < 1.29 is 22.6 Å². The van der Waals surface area contributed by atoms with E-state index in [0.29, 0.717) is 37.8 Å². The summed E-state index contributed by atoms with van der Waals surface area (Å²) < 4.78 is 48.6.